The van der Waals surface area contributed by atoms with E-state index in [4.69, 9.17) is 28.9 Å². The lowest BCUT2D eigenvalue weighted by Crippen LogP contribution is -2.14. The lowest BCUT2D eigenvalue weighted by Gasteiger charge is -2.18. The predicted molar refractivity (Wildman–Crippen MR) is 81.1 cm³/mol. The standard InChI is InChI=1S/C14H16BrNO6/c1-18-11-9(4-8-3-7(5-17)16-22-8)10(15)12-14(13(11)19-2)21-6-20-12/h8,17H,3-6H2,1-2H3/t8-/m0/s1. The first kappa shape index (κ1) is 15.2. The highest BCUT2D eigenvalue weighted by Crippen LogP contribution is 2.54. The Kier molecular flexibility index (Phi) is 4.30. The van der Waals surface area contributed by atoms with Crippen LogP contribution >= 0.6 is 15.9 Å². The number of ether oxygens (including phenoxy) is 4. The van der Waals surface area contributed by atoms with E-state index >= 15 is 0 Å². The molecule has 2 aliphatic heterocycles. The zero-order chi connectivity index (χ0) is 15.7. The van der Waals surface area contributed by atoms with Gasteiger partial charge in [-0.15, -0.1) is 0 Å². The zero-order valence-electron chi connectivity index (χ0n) is 12.2. The Bertz CT molecular complexity index is 618. The molecule has 0 radical (unpaired) electrons. The molecule has 2 heterocycles. The Hall–Kier alpha value is -1.67. The quantitative estimate of drug-likeness (QED) is 0.848. The van der Waals surface area contributed by atoms with Crippen LogP contribution in [-0.2, 0) is 11.3 Å². The highest BCUT2D eigenvalue weighted by atomic mass is 79.9. The summed E-state index contributed by atoms with van der Waals surface area (Å²) < 4.78 is 22.6. The molecule has 22 heavy (non-hydrogen) atoms. The topological polar surface area (TPSA) is 78.7 Å². The maximum Gasteiger partial charge on any atom is 0.231 e. The predicted octanol–water partition coefficient (Wildman–Crippen LogP) is 1.87. The van der Waals surface area contributed by atoms with Gasteiger partial charge >= 0.3 is 0 Å². The highest BCUT2D eigenvalue weighted by molar-refractivity contribution is 9.10. The van der Waals surface area contributed by atoms with Crippen LogP contribution in [0.5, 0.6) is 23.0 Å². The number of hydrogen-bond donors (Lipinski definition) is 1. The molecule has 0 saturated carbocycles. The van der Waals surface area contributed by atoms with Gasteiger partial charge in [0.15, 0.2) is 11.5 Å². The van der Waals surface area contributed by atoms with Crippen LogP contribution in [0.4, 0.5) is 0 Å². The second kappa shape index (κ2) is 6.21. The molecular weight excluding hydrogens is 358 g/mol. The third-order valence-electron chi connectivity index (χ3n) is 3.58. The summed E-state index contributed by atoms with van der Waals surface area (Å²) in [5.74, 6) is 2.18. The average Bonchev–Trinajstić information content (AvgIpc) is 3.18. The summed E-state index contributed by atoms with van der Waals surface area (Å²) in [6.45, 7) is 0.0356. The summed E-state index contributed by atoms with van der Waals surface area (Å²) >= 11 is 3.54. The molecule has 0 aliphatic carbocycles. The van der Waals surface area contributed by atoms with Crippen LogP contribution < -0.4 is 18.9 Å². The number of oxime groups is 1. The van der Waals surface area contributed by atoms with Crippen molar-refractivity contribution in [1.29, 1.82) is 0 Å². The van der Waals surface area contributed by atoms with Gasteiger partial charge in [0.25, 0.3) is 0 Å². The molecule has 0 spiro atoms. The van der Waals surface area contributed by atoms with E-state index in [1.54, 1.807) is 14.2 Å². The van der Waals surface area contributed by atoms with Crippen LogP contribution in [0.3, 0.4) is 0 Å². The Labute approximate surface area is 135 Å². The number of aliphatic hydroxyl groups excluding tert-OH is 1. The number of fused-ring (bicyclic) bond motifs is 1. The molecule has 7 nitrogen and oxygen atoms in total. The van der Waals surface area contributed by atoms with E-state index in [1.165, 1.54) is 0 Å². The van der Waals surface area contributed by atoms with Gasteiger partial charge in [-0.25, -0.2) is 0 Å². The molecule has 0 amide bonds. The molecule has 0 aromatic heterocycles. The summed E-state index contributed by atoms with van der Waals surface area (Å²) in [6, 6.07) is 0. The zero-order valence-corrected chi connectivity index (χ0v) is 13.8. The molecule has 3 rings (SSSR count). The van der Waals surface area contributed by atoms with Gasteiger partial charge < -0.3 is 28.9 Å². The number of rotatable bonds is 5. The van der Waals surface area contributed by atoms with Crippen LogP contribution in [0.1, 0.15) is 12.0 Å². The summed E-state index contributed by atoms with van der Waals surface area (Å²) in [4.78, 5) is 5.35. The summed E-state index contributed by atoms with van der Waals surface area (Å²) in [5.41, 5.74) is 1.48. The molecule has 1 aromatic carbocycles. The lowest BCUT2D eigenvalue weighted by atomic mass is 10.0. The van der Waals surface area contributed by atoms with E-state index in [2.05, 4.69) is 21.1 Å². The second-order valence-corrected chi connectivity index (χ2v) is 5.67. The van der Waals surface area contributed by atoms with Gasteiger partial charge in [-0.1, -0.05) is 5.16 Å². The molecule has 1 atom stereocenters. The molecule has 120 valence electrons. The Morgan fingerprint density at radius 1 is 1.23 bits per heavy atom. The van der Waals surface area contributed by atoms with Crippen LogP contribution in [0.15, 0.2) is 9.63 Å². The molecular formula is C14H16BrNO6. The maximum absolute atomic E-state index is 9.11. The Morgan fingerprint density at radius 3 is 2.59 bits per heavy atom. The van der Waals surface area contributed by atoms with Crippen molar-refractivity contribution in [1.82, 2.24) is 0 Å². The van der Waals surface area contributed by atoms with Gasteiger partial charge in [0.2, 0.25) is 18.3 Å². The molecule has 8 heteroatoms. The van der Waals surface area contributed by atoms with Crippen LogP contribution in [-0.4, -0.2) is 44.5 Å². The first-order valence-electron chi connectivity index (χ1n) is 6.73. The van der Waals surface area contributed by atoms with E-state index in [0.29, 0.717) is 41.6 Å². The van der Waals surface area contributed by atoms with Crippen molar-refractivity contribution in [3.63, 3.8) is 0 Å². The first-order valence-corrected chi connectivity index (χ1v) is 7.53. The monoisotopic (exact) mass is 373 g/mol. The number of aliphatic hydroxyl groups is 1. The molecule has 2 aliphatic rings. The van der Waals surface area contributed by atoms with Crippen molar-refractivity contribution in [2.45, 2.75) is 18.9 Å². The van der Waals surface area contributed by atoms with Gasteiger partial charge in [-0.2, -0.15) is 0 Å². The molecule has 1 aromatic rings. The smallest absolute Gasteiger partial charge is 0.231 e. The number of methoxy groups -OCH3 is 2. The van der Waals surface area contributed by atoms with E-state index < -0.39 is 0 Å². The molecule has 0 bridgehead atoms. The fraction of sp³-hybridized carbons (Fsp3) is 0.500. The minimum absolute atomic E-state index is 0.0980. The highest BCUT2D eigenvalue weighted by Gasteiger charge is 2.32. The van der Waals surface area contributed by atoms with E-state index in [9.17, 15) is 0 Å². The number of nitrogens with zero attached hydrogens (tertiary/aromatic N) is 1. The van der Waals surface area contributed by atoms with Crippen molar-refractivity contribution in [3.8, 4) is 23.0 Å². The fourth-order valence-corrected chi connectivity index (χ4v) is 3.22. The summed E-state index contributed by atoms with van der Waals surface area (Å²) in [5, 5.41) is 13.0. The molecule has 0 fully saturated rings. The van der Waals surface area contributed by atoms with Crippen molar-refractivity contribution < 1.29 is 28.9 Å². The normalized spacial score (nSPS) is 18.9. The lowest BCUT2D eigenvalue weighted by molar-refractivity contribution is 0.0851. The van der Waals surface area contributed by atoms with Gasteiger partial charge in [0.05, 0.1) is 31.0 Å². The van der Waals surface area contributed by atoms with Crippen molar-refractivity contribution in [2.75, 3.05) is 27.6 Å². The average molecular weight is 374 g/mol. The van der Waals surface area contributed by atoms with E-state index in [1.807, 2.05) is 0 Å². The minimum atomic E-state index is -0.169. The van der Waals surface area contributed by atoms with Crippen LogP contribution in [0.25, 0.3) is 0 Å². The fourth-order valence-electron chi connectivity index (χ4n) is 2.59. The second-order valence-electron chi connectivity index (χ2n) is 4.88. The Balaban J connectivity index is 1.97. The van der Waals surface area contributed by atoms with E-state index in [-0.39, 0.29) is 19.5 Å². The van der Waals surface area contributed by atoms with Gasteiger partial charge in [-0.3, -0.25) is 0 Å². The third kappa shape index (κ3) is 2.46. The van der Waals surface area contributed by atoms with Crippen molar-refractivity contribution in [3.05, 3.63) is 10.0 Å². The van der Waals surface area contributed by atoms with Gasteiger partial charge in [-0.05, 0) is 15.9 Å². The Morgan fingerprint density at radius 2 is 1.95 bits per heavy atom. The number of halogens is 1. The van der Waals surface area contributed by atoms with Gasteiger partial charge in [0.1, 0.15) is 6.10 Å². The van der Waals surface area contributed by atoms with E-state index in [0.717, 1.165) is 10.0 Å². The SMILES string of the molecule is COc1c(C[C@@H]2CC(CO)=NO2)c(Br)c2c(c1OC)OCO2. The van der Waals surface area contributed by atoms with Crippen LogP contribution in [0.2, 0.25) is 0 Å². The number of hydrogen-bond acceptors (Lipinski definition) is 7. The minimum Gasteiger partial charge on any atom is -0.492 e. The van der Waals surface area contributed by atoms with Crippen molar-refractivity contribution in [2.24, 2.45) is 5.16 Å². The molecule has 0 saturated heterocycles. The number of benzene rings is 1. The third-order valence-corrected chi connectivity index (χ3v) is 4.42. The largest absolute Gasteiger partial charge is 0.492 e. The van der Waals surface area contributed by atoms with Gasteiger partial charge in [0, 0.05) is 18.4 Å². The molecule has 1 N–H and O–H groups in total. The summed E-state index contributed by atoms with van der Waals surface area (Å²) in [7, 11) is 3.12. The van der Waals surface area contributed by atoms with Crippen molar-refractivity contribution >= 4 is 21.6 Å². The maximum atomic E-state index is 9.11. The summed E-state index contributed by atoms with van der Waals surface area (Å²) in [6.07, 6.45) is 0.935. The molecule has 0 unspecified atom stereocenters. The van der Waals surface area contributed by atoms with Crippen LogP contribution in [0, 0.1) is 0 Å². The first-order chi connectivity index (χ1) is 10.7.